The smallest absolute Gasteiger partial charge is 0.396 e. The molecule has 1 aliphatic carbocycles. The number of pyridine rings is 1. The first kappa shape index (κ1) is 26.8. The lowest BCUT2D eigenvalue weighted by Crippen LogP contribution is -2.34. The Hall–Kier alpha value is -3.79. The van der Waals surface area contributed by atoms with Gasteiger partial charge in [-0.3, -0.25) is 9.59 Å². The van der Waals surface area contributed by atoms with Gasteiger partial charge in [-0.05, 0) is 54.5 Å². The van der Waals surface area contributed by atoms with Crippen molar-refractivity contribution in [2.24, 2.45) is 5.92 Å². The van der Waals surface area contributed by atoms with Crippen molar-refractivity contribution in [3.05, 3.63) is 77.2 Å². The van der Waals surface area contributed by atoms with E-state index in [1.54, 1.807) is 47.4 Å². The highest BCUT2D eigenvalue weighted by atomic mass is 19.4. The summed E-state index contributed by atoms with van der Waals surface area (Å²) in [4.78, 5) is 32.1. The summed E-state index contributed by atoms with van der Waals surface area (Å²) in [5.41, 5.74) is 2.71. The summed E-state index contributed by atoms with van der Waals surface area (Å²) in [6, 6.07) is 14.0. The molecular formula is C29H27F4N3O3. The van der Waals surface area contributed by atoms with Crippen LogP contribution in [-0.2, 0) is 11.3 Å². The Labute approximate surface area is 222 Å². The number of fused-ring (bicyclic) bond motifs is 1. The number of nitrogens with zero attached hydrogens (tertiary/aromatic N) is 2. The normalized spacial score (nSPS) is 16.7. The van der Waals surface area contributed by atoms with Crippen molar-refractivity contribution >= 4 is 11.8 Å². The Morgan fingerprint density at radius 3 is 2.49 bits per heavy atom. The number of rotatable bonds is 8. The van der Waals surface area contributed by atoms with Crippen LogP contribution in [0.3, 0.4) is 0 Å². The van der Waals surface area contributed by atoms with Gasteiger partial charge in [-0.2, -0.15) is 13.2 Å². The van der Waals surface area contributed by atoms with Gasteiger partial charge in [0, 0.05) is 36.3 Å². The van der Waals surface area contributed by atoms with Gasteiger partial charge in [0.05, 0.1) is 11.7 Å². The number of nitrogens with one attached hydrogen (secondary N) is 1. The van der Waals surface area contributed by atoms with E-state index in [4.69, 9.17) is 0 Å². The van der Waals surface area contributed by atoms with Crippen LogP contribution < -0.4 is 5.32 Å². The quantitative estimate of drug-likeness (QED) is 0.374. The van der Waals surface area contributed by atoms with Gasteiger partial charge < -0.3 is 15.3 Å². The van der Waals surface area contributed by atoms with Gasteiger partial charge in [0.15, 0.2) is 0 Å². The zero-order valence-electron chi connectivity index (χ0n) is 21.0. The SMILES string of the molecule is O=C(NCC(F)(F)F)c1cc2c(c(-c3cccc(-c4ccccc4F)c3)n1)[C@H](CCO)N(C(=O)CC1CC1)C2. The van der Waals surface area contributed by atoms with Gasteiger partial charge in [-0.25, -0.2) is 9.37 Å². The first-order valence-electron chi connectivity index (χ1n) is 12.8. The highest BCUT2D eigenvalue weighted by molar-refractivity contribution is 5.94. The molecule has 0 radical (unpaired) electrons. The molecule has 1 aliphatic heterocycles. The molecule has 1 saturated carbocycles. The molecular weight excluding hydrogens is 514 g/mol. The van der Waals surface area contributed by atoms with Crippen LogP contribution in [-0.4, -0.2) is 46.1 Å². The van der Waals surface area contributed by atoms with Gasteiger partial charge in [0.25, 0.3) is 5.91 Å². The highest BCUT2D eigenvalue weighted by Gasteiger charge is 2.39. The second-order valence-corrected chi connectivity index (χ2v) is 9.98. The standard InChI is InChI=1S/C29H27F4N3O3/c30-22-7-2-1-6-21(22)18-4-3-5-19(13-18)27-26-20(14-23(35-27)28(39)34-16-29(31,32)33)15-36(24(26)10-11-37)25(38)12-17-8-9-17/h1-7,13-14,17,24,37H,8-12,15-16H2,(H,34,39)/t24-/m0/s1. The molecule has 2 aromatic carbocycles. The lowest BCUT2D eigenvalue weighted by Gasteiger charge is -2.26. The molecule has 2 amide bonds. The number of carbonyl (C=O) groups excluding carboxylic acids is 2. The summed E-state index contributed by atoms with van der Waals surface area (Å²) >= 11 is 0. The van der Waals surface area contributed by atoms with Crippen LogP contribution in [0.5, 0.6) is 0 Å². The average Bonchev–Trinajstić information content (AvgIpc) is 3.65. The van der Waals surface area contributed by atoms with Crippen molar-refractivity contribution < 1.29 is 32.3 Å². The topological polar surface area (TPSA) is 82.5 Å². The Bertz CT molecular complexity index is 1400. The largest absolute Gasteiger partial charge is 0.405 e. The lowest BCUT2D eigenvalue weighted by atomic mass is 9.93. The van der Waals surface area contributed by atoms with Crippen molar-refractivity contribution in [3.8, 4) is 22.4 Å². The molecule has 10 heteroatoms. The third kappa shape index (κ3) is 5.95. The van der Waals surface area contributed by atoms with Gasteiger partial charge in [0.1, 0.15) is 18.1 Å². The maximum Gasteiger partial charge on any atom is 0.405 e. The van der Waals surface area contributed by atoms with E-state index in [0.717, 1.165) is 12.8 Å². The first-order valence-corrected chi connectivity index (χ1v) is 12.8. The van der Waals surface area contributed by atoms with Crippen LogP contribution in [0, 0.1) is 11.7 Å². The van der Waals surface area contributed by atoms with Crippen LogP contribution >= 0.6 is 0 Å². The van der Waals surface area contributed by atoms with Crippen molar-refractivity contribution in [2.45, 2.75) is 44.4 Å². The Morgan fingerprint density at radius 2 is 1.79 bits per heavy atom. The molecule has 2 heterocycles. The number of alkyl halides is 3. The molecule has 6 nitrogen and oxygen atoms in total. The maximum atomic E-state index is 14.6. The van der Waals surface area contributed by atoms with Gasteiger partial charge in [-0.15, -0.1) is 0 Å². The van der Waals surface area contributed by atoms with E-state index in [-0.39, 0.29) is 31.2 Å². The van der Waals surface area contributed by atoms with Gasteiger partial charge in [-0.1, -0.05) is 36.4 Å². The third-order valence-corrected chi connectivity index (χ3v) is 7.08. The molecule has 1 atom stereocenters. The molecule has 5 rings (SSSR count). The van der Waals surface area contributed by atoms with Crippen LogP contribution in [0.4, 0.5) is 17.6 Å². The predicted octanol–water partition coefficient (Wildman–Crippen LogP) is 5.41. The molecule has 3 aromatic rings. The summed E-state index contributed by atoms with van der Waals surface area (Å²) < 4.78 is 52.9. The van der Waals surface area contributed by atoms with Crippen molar-refractivity contribution in [1.29, 1.82) is 0 Å². The van der Waals surface area contributed by atoms with Crippen molar-refractivity contribution in [1.82, 2.24) is 15.2 Å². The van der Waals surface area contributed by atoms with E-state index in [1.807, 2.05) is 5.32 Å². The zero-order chi connectivity index (χ0) is 27.7. The van der Waals surface area contributed by atoms with E-state index >= 15 is 0 Å². The number of aliphatic hydroxyl groups is 1. The minimum atomic E-state index is -4.60. The summed E-state index contributed by atoms with van der Waals surface area (Å²) in [6.07, 6.45) is -2.03. The molecule has 204 valence electrons. The van der Waals surface area contributed by atoms with Crippen LogP contribution in [0.15, 0.2) is 54.6 Å². The fourth-order valence-electron chi connectivity index (χ4n) is 5.07. The van der Waals surface area contributed by atoms with E-state index in [0.29, 0.717) is 45.8 Å². The number of hydrogen-bond donors (Lipinski definition) is 2. The van der Waals surface area contributed by atoms with E-state index < -0.39 is 30.5 Å². The molecule has 1 aromatic heterocycles. The fraction of sp³-hybridized carbons (Fsp3) is 0.345. The summed E-state index contributed by atoms with van der Waals surface area (Å²) in [5, 5.41) is 11.7. The molecule has 2 aliphatic rings. The number of benzene rings is 2. The van der Waals surface area contributed by atoms with Gasteiger partial charge in [0.2, 0.25) is 5.91 Å². The third-order valence-electron chi connectivity index (χ3n) is 7.08. The number of carbonyl (C=O) groups is 2. The van der Waals surface area contributed by atoms with Crippen LogP contribution in [0.1, 0.15) is 53.3 Å². The number of amides is 2. The second-order valence-electron chi connectivity index (χ2n) is 9.98. The van der Waals surface area contributed by atoms with E-state index in [1.165, 1.54) is 12.1 Å². The van der Waals surface area contributed by atoms with Gasteiger partial charge >= 0.3 is 6.18 Å². The maximum absolute atomic E-state index is 14.6. The minimum Gasteiger partial charge on any atom is -0.396 e. The summed E-state index contributed by atoms with van der Waals surface area (Å²) in [6.45, 7) is -1.57. The number of halogens is 4. The molecule has 2 N–H and O–H groups in total. The summed E-state index contributed by atoms with van der Waals surface area (Å²) in [5.74, 6) is -1.18. The van der Waals surface area contributed by atoms with Crippen LogP contribution in [0.2, 0.25) is 0 Å². The molecule has 0 bridgehead atoms. The fourth-order valence-corrected chi connectivity index (χ4v) is 5.07. The first-order chi connectivity index (χ1) is 18.6. The van der Waals surface area contributed by atoms with Crippen LogP contribution in [0.25, 0.3) is 22.4 Å². The minimum absolute atomic E-state index is 0.0821. The number of aromatic nitrogens is 1. The number of hydrogen-bond acceptors (Lipinski definition) is 4. The molecule has 39 heavy (non-hydrogen) atoms. The molecule has 1 fully saturated rings. The molecule has 0 saturated heterocycles. The Morgan fingerprint density at radius 1 is 1.05 bits per heavy atom. The average molecular weight is 542 g/mol. The van der Waals surface area contributed by atoms with E-state index in [2.05, 4.69) is 4.98 Å². The summed E-state index contributed by atoms with van der Waals surface area (Å²) in [7, 11) is 0. The zero-order valence-corrected chi connectivity index (χ0v) is 21.0. The Balaban J connectivity index is 1.61. The predicted molar refractivity (Wildman–Crippen MR) is 136 cm³/mol. The molecule has 0 spiro atoms. The lowest BCUT2D eigenvalue weighted by molar-refractivity contribution is -0.134. The monoisotopic (exact) mass is 541 g/mol. The van der Waals surface area contributed by atoms with E-state index in [9.17, 15) is 32.3 Å². The van der Waals surface area contributed by atoms with Crippen molar-refractivity contribution in [2.75, 3.05) is 13.2 Å². The number of aliphatic hydroxyl groups excluding tert-OH is 1. The molecule has 0 unspecified atom stereocenters. The highest BCUT2D eigenvalue weighted by Crippen LogP contribution is 2.44. The second kappa shape index (κ2) is 10.8. The Kier molecular flexibility index (Phi) is 7.40. The van der Waals surface area contributed by atoms with Crippen molar-refractivity contribution in [3.63, 3.8) is 0 Å².